The molecule has 4 atom stereocenters. The minimum atomic E-state index is -0.810. The molecule has 0 radical (unpaired) electrons. The number of carboxylic acids is 1. The second-order valence-corrected chi connectivity index (χ2v) is 5.97. The molecule has 2 rings (SSSR count). The summed E-state index contributed by atoms with van der Waals surface area (Å²) in [5.41, 5.74) is 0. The van der Waals surface area contributed by atoms with E-state index < -0.39 is 11.9 Å². The summed E-state index contributed by atoms with van der Waals surface area (Å²) < 4.78 is 5.60. The predicted octanol–water partition coefficient (Wildman–Crippen LogP) is 1.26. The van der Waals surface area contributed by atoms with Crippen molar-refractivity contribution < 1.29 is 19.4 Å². The number of carbonyl (C=O) groups is 2. The molecule has 2 aliphatic rings. The third kappa shape index (κ3) is 2.90. The lowest BCUT2D eigenvalue weighted by Crippen LogP contribution is -2.55. The van der Waals surface area contributed by atoms with E-state index >= 15 is 0 Å². The molecule has 0 saturated carbocycles. The Kier molecular flexibility index (Phi) is 4.52. The fourth-order valence-corrected chi connectivity index (χ4v) is 3.04. The minimum absolute atomic E-state index is 0.00925. The molecule has 2 fully saturated rings. The number of hydrogen-bond donors (Lipinski definition) is 1. The molecule has 2 heterocycles. The highest BCUT2D eigenvalue weighted by Crippen LogP contribution is 2.26. The van der Waals surface area contributed by atoms with Crippen molar-refractivity contribution in [2.45, 2.75) is 39.3 Å². The van der Waals surface area contributed by atoms with Crippen molar-refractivity contribution in [1.82, 2.24) is 9.80 Å². The quantitative estimate of drug-likeness (QED) is 0.828. The van der Waals surface area contributed by atoms with Crippen LogP contribution in [-0.4, -0.2) is 65.3 Å². The molecular weight excluding hydrogens is 260 g/mol. The summed E-state index contributed by atoms with van der Waals surface area (Å²) in [5, 5.41) is 9.16. The topological polar surface area (TPSA) is 70.1 Å². The van der Waals surface area contributed by atoms with Gasteiger partial charge in [0.1, 0.15) is 0 Å². The van der Waals surface area contributed by atoms with Gasteiger partial charge in [0.05, 0.1) is 24.7 Å². The molecule has 6 heteroatoms. The van der Waals surface area contributed by atoms with E-state index in [0.717, 1.165) is 6.42 Å². The average molecular weight is 284 g/mol. The van der Waals surface area contributed by atoms with Gasteiger partial charge < -0.3 is 19.6 Å². The molecule has 0 aromatic rings. The Morgan fingerprint density at radius 1 is 1.25 bits per heavy atom. The number of hydrogen-bond acceptors (Lipinski definition) is 3. The van der Waals surface area contributed by atoms with Crippen molar-refractivity contribution in [3.63, 3.8) is 0 Å². The van der Waals surface area contributed by atoms with Crippen LogP contribution in [0.2, 0.25) is 0 Å². The van der Waals surface area contributed by atoms with Crippen molar-refractivity contribution in [1.29, 1.82) is 0 Å². The van der Waals surface area contributed by atoms with Gasteiger partial charge in [0.2, 0.25) is 0 Å². The molecule has 2 amide bonds. The first-order chi connectivity index (χ1) is 9.43. The number of carbonyl (C=O) groups excluding carboxylic acids is 1. The number of likely N-dealkylation sites (tertiary alicyclic amines) is 1. The van der Waals surface area contributed by atoms with E-state index in [1.165, 1.54) is 0 Å². The van der Waals surface area contributed by atoms with E-state index in [-0.39, 0.29) is 24.1 Å². The van der Waals surface area contributed by atoms with E-state index in [9.17, 15) is 9.59 Å². The molecule has 0 spiro atoms. The highest BCUT2D eigenvalue weighted by Gasteiger charge is 2.40. The molecule has 0 aliphatic carbocycles. The molecule has 0 aromatic carbocycles. The molecule has 0 bridgehead atoms. The normalized spacial score (nSPS) is 34.4. The predicted molar refractivity (Wildman–Crippen MR) is 73.5 cm³/mol. The van der Waals surface area contributed by atoms with Crippen molar-refractivity contribution in [2.75, 3.05) is 26.2 Å². The number of carboxylic acid groups (broad SMARTS) is 1. The van der Waals surface area contributed by atoms with Crippen LogP contribution in [0, 0.1) is 11.8 Å². The number of nitrogens with zero attached hydrogens (tertiary/aromatic N) is 2. The highest BCUT2D eigenvalue weighted by molar-refractivity contribution is 5.78. The Hall–Kier alpha value is -1.30. The van der Waals surface area contributed by atoms with Gasteiger partial charge in [-0.1, -0.05) is 13.8 Å². The summed E-state index contributed by atoms with van der Waals surface area (Å²) in [5.74, 6) is -1.25. The first-order valence-electron chi connectivity index (χ1n) is 7.34. The molecule has 2 saturated heterocycles. The zero-order valence-electron chi connectivity index (χ0n) is 12.4. The number of amides is 2. The van der Waals surface area contributed by atoms with Gasteiger partial charge in [-0.3, -0.25) is 4.79 Å². The van der Waals surface area contributed by atoms with Crippen LogP contribution >= 0.6 is 0 Å². The number of aliphatic carboxylic acids is 1. The van der Waals surface area contributed by atoms with E-state index in [2.05, 4.69) is 0 Å². The molecule has 20 heavy (non-hydrogen) atoms. The molecular formula is C14H24N2O4. The van der Waals surface area contributed by atoms with E-state index in [4.69, 9.17) is 9.84 Å². The fourth-order valence-electron chi connectivity index (χ4n) is 3.04. The van der Waals surface area contributed by atoms with Crippen molar-refractivity contribution in [3.05, 3.63) is 0 Å². The average Bonchev–Trinajstić information content (AvgIpc) is 2.80. The van der Waals surface area contributed by atoms with Gasteiger partial charge in [0.15, 0.2) is 0 Å². The monoisotopic (exact) mass is 284 g/mol. The lowest BCUT2D eigenvalue weighted by molar-refractivity contribution is -0.142. The van der Waals surface area contributed by atoms with Gasteiger partial charge in [-0.05, 0) is 19.3 Å². The standard InChI is InChI=1S/C14H24N2O4/c1-4-11-8-20-10(3)6-16(11)14(19)15-5-9(2)12(7-15)13(17)18/h9-12H,4-8H2,1-3H3,(H,17,18). The van der Waals surface area contributed by atoms with Crippen LogP contribution in [0.5, 0.6) is 0 Å². The van der Waals surface area contributed by atoms with Crippen LogP contribution in [0.1, 0.15) is 27.2 Å². The van der Waals surface area contributed by atoms with Crippen LogP contribution < -0.4 is 0 Å². The first-order valence-corrected chi connectivity index (χ1v) is 7.34. The number of urea groups is 1. The third-order valence-corrected chi connectivity index (χ3v) is 4.38. The molecule has 4 unspecified atom stereocenters. The molecule has 114 valence electrons. The van der Waals surface area contributed by atoms with Gasteiger partial charge in [0, 0.05) is 19.6 Å². The minimum Gasteiger partial charge on any atom is -0.481 e. The Bertz CT molecular complexity index is 387. The highest BCUT2D eigenvalue weighted by atomic mass is 16.5. The second kappa shape index (κ2) is 5.99. The number of rotatable bonds is 2. The third-order valence-electron chi connectivity index (χ3n) is 4.38. The fraction of sp³-hybridized carbons (Fsp3) is 0.857. The lowest BCUT2D eigenvalue weighted by Gasteiger charge is -2.40. The summed E-state index contributed by atoms with van der Waals surface area (Å²) in [6.45, 7) is 7.88. The second-order valence-electron chi connectivity index (χ2n) is 5.97. The van der Waals surface area contributed by atoms with E-state index in [1.807, 2.05) is 25.7 Å². The smallest absolute Gasteiger partial charge is 0.320 e. The summed E-state index contributed by atoms with van der Waals surface area (Å²) in [7, 11) is 0. The van der Waals surface area contributed by atoms with Gasteiger partial charge in [-0.2, -0.15) is 0 Å². The van der Waals surface area contributed by atoms with Crippen molar-refractivity contribution in [3.8, 4) is 0 Å². The van der Waals surface area contributed by atoms with Crippen LogP contribution in [0.15, 0.2) is 0 Å². The van der Waals surface area contributed by atoms with Crippen LogP contribution in [0.25, 0.3) is 0 Å². The van der Waals surface area contributed by atoms with Crippen LogP contribution in [0.4, 0.5) is 4.79 Å². The van der Waals surface area contributed by atoms with E-state index in [1.54, 1.807) is 4.90 Å². The van der Waals surface area contributed by atoms with Gasteiger partial charge in [0.25, 0.3) is 0 Å². The number of ether oxygens (including phenoxy) is 1. The molecule has 2 aliphatic heterocycles. The van der Waals surface area contributed by atoms with Gasteiger partial charge >= 0.3 is 12.0 Å². The van der Waals surface area contributed by atoms with Crippen molar-refractivity contribution in [2.24, 2.45) is 11.8 Å². The Balaban J connectivity index is 2.05. The molecule has 1 N–H and O–H groups in total. The van der Waals surface area contributed by atoms with Gasteiger partial charge in [-0.15, -0.1) is 0 Å². The van der Waals surface area contributed by atoms with Crippen molar-refractivity contribution >= 4 is 12.0 Å². The molecule has 0 aromatic heterocycles. The SMILES string of the molecule is CCC1COC(C)CN1C(=O)N1CC(C)C(C(=O)O)C1. The lowest BCUT2D eigenvalue weighted by atomic mass is 9.99. The van der Waals surface area contributed by atoms with Gasteiger partial charge in [-0.25, -0.2) is 4.79 Å². The summed E-state index contributed by atoms with van der Waals surface area (Å²) in [6.07, 6.45) is 0.890. The Labute approximate surface area is 119 Å². The summed E-state index contributed by atoms with van der Waals surface area (Å²) >= 11 is 0. The maximum atomic E-state index is 12.6. The van der Waals surface area contributed by atoms with E-state index in [0.29, 0.717) is 26.2 Å². The largest absolute Gasteiger partial charge is 0.481 e. The Morgan fingerprint density at radius 3 is 2.50 bits per heavy atom. The zero-order valence-corrected chi connectivity index (χ0v) is 12.4. The van der Waals surface area contributed by atoms with Crippen LogP contribution in [-0.2, 0) is 9.53 Å². The molecule has 6 nitrogen and oxygen atoms in total. The summed E-state index contributed by atoms with van der Waals surface area (Å²) in [6, 6.07) is 0.0560. The number of morpholine rings is 1. The first kappa shape index (κ1) is 15.1. The summed E-state index contributed by atoms with van der Waals surface area (Å²) in [4.78, 5) is 27.3. The zero-order chi connectivity index (χ0) is 14.9. The maximum absolute atomic E-state index is 12.6. The Morgan fingerprint density at radius 2 is 1.95 bits per heavy atom. The maximum Gasteiger partial charge on any atom is 0.320 e. The van der Waals surface area contributed by atoms with Crippen LogP contribution in [0.3, 0.4) is 0 Å².